The molecular weight excluding hydrogens is 372 g/mol. The summed E-state index contributed by atoms with van der Waals surface area (Å²) < 4.78 is 11.9. The van der Waals surface area contributed by atoms with Crippen molar-refractivity contribution in [3.63, 3.8) is 0 Å². The molecule has 0 unspecified atom stereocenters. The molecule has 0 spiro atoms. The fourth-order valence-electron chi connectivity index (χ4n) is 3.27. The highest BCUT2D eigenvalue weighted by Gasteiger charge is 2.33. The molecule has 0 bridgehead atoms. The standard InChI is InChI=1S/C22H22N2O3S/c1-4-26-19-10-15(9-16-11-22(2,3)27-20(16)19)17-13-28-21(24-17)23-12-14-7-5-6-8-18(14)25/h5-10,12-13,25H,4,11H2,1-3H3/b23-12+. The number of benzene rings is 2. The zero-order valence-corrected chi connectivity index (χ0v) is 16.9. The molecule has 0 saturated heterocycles. The van der Waals surface area contributed by atoms with Gasteiger partial charge in [-0.3, -0.25) is 0 Å². The highest BCUT2D eigenvalue weighted by atomic mass is 32.1. The molecule has 1 aliphatic rings. The summed E-state index contributed by atoms with van der Waals surface area (Å²) >= 11 is 1.46. The summed E-state index contributed by atoms with van der Waals surface area (Å²) in [6.07, 6.45) is 2.46. The number of thiazole rings is 1. The van der Waals surface area contributed by atoms with E-state index in [9.17, 15) is 5.11 Å². The Bertz CT molecular complexity index is 1040. The van der Waals surface area contributed by atoms with Crippen molar-refractivity contribution in [2.75, 3.05) is 6.61 Å². The van der Waals surface area contributed by atoms with Crippen LogP contribution in [0.2, 0.25) is 0 Å². The Morgan fingerprint density at radius 1 is 1.32 bits per heavy atom. The van der Waals surface area contributed by atoms with Crippen LogP contribution in [0.15, 0.2) is 46.8 Å². The average Bonchev–Trinajstić information content (AvgIpc) is 3.24. The number of fused-ring (bicyclic) bond motifs is 1. The van der Waals surface area contributed by atoms with E-state index < -0.39 is 0 Å². The molecule has 0 fully saturated rings. The van der Waals surface area contributed by atoms with Crippen molar-refractivity contribution in [3.05, 3.63) is 52.9 Å². The Balaban J connectivity index is 1.64. The summed E-state index contributed by atoms with van der Waals surface area (Å²) in [6, 6.07) is 11.2. The van der Waals surface area contributed by atoms with Crippen LogP contribution in [-0.2, 0) is 6.42 Å². The fraction of sp³-hybridized carbons (Fsp3) is 0.273. The molecule has 28 heavy (non-hydrogen) atoms. The van der Waals surface area contributed by atoms with Crippen LogP contribution < -0.4 is 9.47 Å². The number of para-hydroxylation sites is 1. The second kappa shape index (κ2) is 7.28. The van der Waals surface area contributed by atoms with Crippen LogP contribution in [-0.4, -0.2) is 28.5 Å². The number of ether oxygens (including phenoxy) is 2. The number of hydrogen-bond donors (Lipinski definition) is 1. The van der Waals surface area contributed by atoms with Gasteiger partial charge in [-0.1, -0.05) is 12.1 Å². The number of nitrogens with zero attached hydrogens (tertiary/aromatic N) is 2. The third kappa shape index (κ3) is 3.73. The Morgan fingerprint density at radius 2 is 2.14 bits per heavy atom. The van der Waals surface area contributed by atoms with Gasteiger partial charge in [-0.2, -0.15) is 0 Å². The van der Waals surface area contributed by atoms with E-state index in [4.69, 9.17) is 9.47 Å². The van der Waals surface area contributed by atoms with Gasteiger partial charge in [-0.25, -0.2) is 9.98 Å². The minimum atomic E-state index is -0.234. The number of phenolic OH excluding ortho intramolecular Hbond substituents is 1. The maximum Gasteiger partial charge on any atom is 0.209 e. The van der Waals surface area contributed by atoms with Gasteiger partial charge in [0.2, 0.25) is 5.13 Å². The summed E-state index contributed by atoms with van der Waals surface area (Å²) in [4.78, 5) is 9.04. The number of hydrogen-bond acceptors (Lipinski definition) is 6. The molecule has 1 aliphatic heterocycles. The maximum atomic E-state index is 9.85. The van der Waals surface area contributed by atoms with Crippen LogP contribution >= 0.6 is 11.3 Å². The van der Waals surface area contributed by atoms with Gasteiger partial charge < -0.3 is 14.6 Å². The van der Waals surface area contributed by atoms with Crippen molar-refractivity contribution in [1.82, 2.24) is 4.98 Å². The lowest BCUT2D eigenvalue weighted by Crippen LogP contribution is -2.24. The van der Waals surface area contributed by atoms with Crippen LogP contribution in [0.1, 0.15) is 31.9 Å². The van der Waals surface area contributed by atoms with Crippen molar-refractivity contribution < 1.29 is 14.6 Å². The summed E-state index contributed by atoms with van der Waals surface area (Å²) in [7, 11) is 0. The number of aliphatic imine (C=N–C) groups is 1. The predicted molar refractivity (Wildman–Crippen MR) is 112 cm³/mol. The number of aromatic nitrogens is 1. The molecule has 1 aromatic heterocycles. The van der Waals surface area contributed by atoms with Crippen LogP contribution in [0, 0.1) is 0 Å². The molecule has 4 rings (SSSR count). The highest BCUT2D eigenvalue weighted by Crippen LogP contribution is 2.45. The van der Waals surface area contributed by atoms with Gasteiger partial charge in [0.05, 0.1) is 12.3 Å². The normalized spacial score (nSPS) is 14.8. The summed E-state index contributed by atoms with van der Waals surface area (Å²) in [6.45, 7) is 6.70. The number of rotatable bonds is 5. The first kappa shape index (κ1) is 18.5. The predicted octanol–water partition coefficient (Wildman–Crippen LogP) is 5.38. The van der Waals surface area contributed by atoms with E-state index in [-0.39, 0.29) is 11.4 Å². The molecule has 5 nitrogen and oxygen atoms in total. The third-order valence-corrected chi connectivity index (χ3v) is 5.21. The summed E-state index contributed by atoms with van der Waals surface area (Å²) in [5.74, 6) is 1.79. The van der Waals surface area contributed by atoms with Crippen molar-refractivity contribution in [2.45, 2.75) is 32.8 Å². The van der Waals surface area contributed by atoms with E-state index >= 15 is 0 Å². The molecule has 3 aromatic rings. The lowest BCUT2D eigenvalue weighted by atomic mass is 9.99. The van der Waals surface area contributed by atoms with E-state index in [1.807, 2.05) is 30.5 Å². The van der Waals surface area contributed by atoms with E-state index in [1.165, 1.54) is 11.3 Å². The molecule has 0 atom stereocenters. The molecule has 6 heteroatoms. The monoisotopic (exact) mass is 394 g/mol. The van der Waals surface area contributed by atoms with Gasteiger partial charge in [0, 0.05) is 34.7 Å². The van der Waals surface area contributed by atoms with E-state index in [0.717, 1.165) is 34.7 Å². The quantitative estimate of drug-likeness (QED) is 0.590. The first-order chi connectivity index (χ1) is 13.4. The molecule has 0 saturated carbocycles. The molecule has 2 heterocycles. The summed E-state index contributed by atoms with van der Waals surface area (Å²) in [5, 5.41) is 12.5. The fourth-order valence-corrected chi connectivity index (χ4v) is 3.94. The topological polar surface area (TPSA) is 63.9 Å². The van der Waals surface area contributed by atoms with Gasteiger partial charge in [-0.05, 0) is 45.0 Å². The Morgan fingerprint density at radius 3 is 2.93 bits per heavy atom. The average molecular weight is 394 g/mol. The minimum Gasteiger partial charge on any atom is -0.507 e. The van der Waals surface area contributed by atoms with E-state index in [0.29, 0.717) is 17.3 Å². The smallest absolute Gasteiger partial charge is 0.209 e. The van der Waals surface area contributed by atoms with Gasteiger partial charge in [0.1, 0.15) is 11.4 Å². The molecule has 1 N–H and O–H groups in total. The van der Waals surface area contributed by atoms with Crippen LogP contribution in [0.25, 0.3) is 11.3 Å². The van der Waals surface area contributed by atoms with Crippen molar-refractivity contribution >= 4 is 22.7 Å². The van der Waals surface area contributed by atoms with E-state index in [1.54, 1.807) is 18.3 Å². The molecule has 0 aliphatic carbocycles. The number of phenols is 1. The Kier molecular flexibility index (Phi) is 4.81. The van der Waals surface area contributed by atoms with Crippen LogP contribution in [0.5, 0.6) is 17.2 Å². The lowest BCUT2D eigenvalue weighted by Gasteiger charge is -2.18. The molecular formula is C22H22N2O3S. The SMILES string of the molecule is CCOc1cc(-c2csc(/N=C/c3ccccc3O)n2)cc2c1OC(C)(C)C2. The van der Waals surface area contributed by atoms with Gasteiger partial charge in [0.25, 0.3) is 0 Å². The van der Waals surface area contributed by atoms with Gasteiger partial charge >= 0.3 is 0 Å². The second-order valence-corrected chi connectivity index (χ2v) is 8.10. The first-order valence-electron chi connectivity index (χ1n) is 9.22. The highest BCUT2D eigenvalue weighted by molar-refractivity contribution is 7.13. The van der Waals surface area contributed by atoms with Crippen LogP contribution in [0.3, 0.4) is 0 Å². The zero-order chi connectivity index (χ0) is 19.7. The maximum absolute atomic E-state index is 9.85. The number of aromatic hydroxyl groups is 1. The summed E-state index contributed by atoms with van der Waals surface area (Å²) in [5.41, 5.74) is 3.40. The Labute approximate surface area is 168 Å². The minimum absolute atomic E-state index is 0.200. The third-order valence-electron chi connectivity index (χ3n) is 4.46. The largest absolute Gasteiger partial charge is 0.507 e. The van der Waals surface area contributed by atoms with Crippen molar-refractivity contribution in [3.8, 4) is 28.5 Å². The first-order valence-corrected chi connectivity index (χ1v) is 10.1. The molecule has 2 aromatic carbocycles. The van der Waals surface area contributed by atoms with Crippen LogP contribution in [0.4, 0.5) is 5.13 Å². The van der Waals surface area contributed by atoms with Gasteiger partial charge in [-0.15, -0.1) is 11.3 Å². The lowest BCUT2D eigenvalue weighted by molar-refractivity contribution is 0.132. The van der Waals surface area contributed by atoms with Gasteiger partial charge in [0.15, 0.2) is 11.5 Å². The zero-order valence-electron chi connectivity index (χ0n) is 16.1. The van der Waals surface area contributed by atoms with Crippen molar-refractivity contribution in [2.24, 2.45) is 4.99 Å². The Hall–Kier alpha value is -2.86. The van der Waals surface area contributed by atoms with Crippen molar-refractivity contribution in [1.29, 1.82) is 0 Å². The second-order valence-electron chi connectivity index (χ2n) is 7.27. The molecule has 144 valence electrons. The molecule has 0 radical (unpaired) electrons. The van der Waals surface area contributed by atoms with E-state index in [2.05, 4.69) is 29.9 Å². The molecule has 0 amide bonds.